The van der Waals surface area contributed by atoms with Crippen molar-refractivity contribution in [3.8, 4) is 0 Å². The van der Waals surface area contributed by atoms with E-state index in [4.69, 9.17) is 0 Å². The number of rotatable bonds is 6. The van der Waals surface area contributed by atoms with Crippen LogP contribution >= 0.6 is 0 Å². The Morgan fingerprint density at radius 3 is 2.47 bits per heavy atom. The van der Waals surface area contributed by atoms with E-state index in [1.165, 1.54) is 24.0 Å². The molecule has 19 heavy (non-hydrogen) atoms. The maximum atomic E-state index is 13.4. The minimum Gasteiger partial charge on any atom is -0.345 e. The molecule has 0 fully saturated rings. The number of hydrogen-bond acceptors (Lipinski definition) is 2. The van der Waals surface area contributed by atoms with Crippen LogP contribution in [0.15, 0.2) is 18.2 Å². The van der Waals surface area contributed by atoms with E-state index in [0.717, 1.165) is 6.07 Å². The Morgan fingerprint density at radius 1 is 1.21 bits per heavy atom. The lowest BCUT2D eigenvalue weighted by Gasteiger charge is -2.17. The average molecular weight is 269 g/mol. The molecular weight excluding hydrogens is 252 g/mol. The number of carbonyl (C=O) groups excluding carboxylic acids is 2. The van der Waals surface area contributed by atoms with Crippen molar-refractivity contribution in [3.63, 3.8) is 0 Å². The zero-order valence-corrected chi connectivity index (χ0v) is 11.1. The van der Waals surface area contributed by atoms with E-state index in [9.17, 15) is 18.4 Å². The summed E-state index contributed by atoms with van der Waals surface area (Å²) in [7, 11) is 1.60. The van der Waals surface area contributed by atoms with Crippen LogP contribution in [0.5, 0.6) is 0 Å². The Hall–Kier alpha value is -1.78. The zero-order chi connectivity index (χ0) is 14.4. The second-order valence-corrected chi connectivity index (χ2v) is 4.50. The predicted octanol–water partition coefficient (Wildman–Crippen LogP) is 2.33. The molecule has 0 spiro atoms. The van der Waals surface area contributed by atoms with Crippen molar-refractivity contribution in [3.05, 3.63) is 35.4 Å². The van der Waals surface area contributed by atoms with Gasteiger partial charge in [0.15, 0.2) is 0 Å². The van der Waals surface area contributed by atoms with E-state index < -0.39 is 11.6 Å². The van der Waals surface area contributed by atoms with Gasteiger partial charge >= 0.3 is 0 Å². The topological polar surface area (TPSA) is 37.4 Å². The van der Waals surface area contributed by atoms with Crippen molar-refractivity contribution in [1.82, 2.24) is 4.90 Å². The van der Waals surface area contributed by atoms with Crippen LogP contribution in [0, 0.1) is 11.6 Å². The van der Waals surface area contributed by atoms with Gasteiger partial charge in [0.1, 0.15) is 17.4 Å². The summed E-state index contributed by atoms with van der Waals surface area (Å²) in [5, 5.41) is 0. The lowest BCUT2D eigenvalue weighted by Crippen LogP contribution is -2.29. The van der Waals surface area contributed by atoms with E-state index in [1.54, 1.807) is 7.05 Å². The SMILES string of the molecule is CC(=O)CCC(=O)N(C)CCc1ccc(F)cc1F. The summed E-state index contributed by atoms with van der Waals surface area (Å²) in [6.45, 7) is 1.76. The number of carbonyl (C=O) groups is 2. The summed E-state index contributed by atoms with van der Waals surface area (Å²) in [6.07, 6.45) is 0.695. The van der Waals surface area contributed by atoms with Crippen molar-refractivity contribution in [1.29, 1.82) is 0 Å². The first-order valence-electron chi connectivity index (χ1n) is 6.07. The van der Waals surface area contributed by atoms with Crippen molar-refractivity contribution in [2.75, 3.05) is 13.6 Å². The number of ketones is 1. The second-order valence-electron chi connectivity index (χ2n) is 4.50. The number of benzene rings is 1. The lowest BCUT2D eigenvalue weighted by atomic mass is 10.1. The summed E-state index contributed by atoms with van der Waals surface area (Å²) in [5.74, 6) is -1.42. The van der Waals surface area contributed by atoms with Crippen molar-refractivity contribution in [2.24, 2.45) is 0 Å². The maximum Gasteiger partial charge on any atom is 0.222 e. The maximum absolute atomic E-state index is 13.4. The van der Waals surface area contributed by atoms with Gasteiger partial charge in [-0.3, -0.25) is 4.79 Å². The summed E-state index contributed by atoms with van der Waals surface area (Å²) < 4.78 is 26.1. The average Bonchev–Trinajstić information content (AvgIpc) is 2.34. The van der Waals surface area contributed by atoms with Gasteiger partial charge in [0.25, 0.3) is 0 Å². The molecule has 5 heteroatoms. The first kappa shape index (κ1) is 15.3. The Bertz CT molecular complexity index is 475. The van der Waals surface area contributed by atoms with Gasteiger partial charge in [0, 0.05) is 32.5 Å². The molecule has 1 amide bonds. The van der Waals surface area contributed by atoms with Gasteiger partial charge in [-0.05, 0) is 25.0 Å². The lowest BCUT2D eigenvalue weighted by molar-refractivity contribution is -0.131. The van der Waals surface area contributed by atoms with Crippen molar-refractivity contribution >= 4 is 11.7 Å². The molecule has 0 aromatic heterocycles. The van der Waals surface area contributed by atoms with Gasteiger partial charge in [-0.1, -0.05) is 6.07 Å². The molecule has 1 aromatic rings. The molecule has 0 heterocycles. The van der Waals surface area contributed by atoms with Crippen LogP contribution in [0.1, 0.15) is 25.3 Å². The first-order chi connectivity index (χ1) is 8.90. The van der Waals surface area contributed by atoms with Gasteiger partial charge < -0.3 is 9.69 Å². The molecule has 0 atom stereocenters. The highest BCUT2D eigenvalue weighted by Crippen LogP contribution is 2.10. The summed E-state index contributed by atoms with van der Waals surface area (Å²) in [6, 6.07) is 3.39. The van der Waals surface area contributed by atoms with E-state index in [2.05, 4.69) is 0 Å². The second kappa shape index (κ2) is 6.97. The molecule has 0 aliphatic heterocycles. The van der Waals surface area contributed by atoms with Crippen LogP contribution in [0.3, 0.4) is 0 Å². The molecule has 0 aliphatic carbocycles. The van der Waals surface area contributed by atoms with Crippen LogP contribution in [0.4, 0.5) is 8.78 Å². The summed E-state index contributed by atoms with van der Waals surface area (Å²) in [4.78, 5) is 23.8. The quantitative estimate of drug-likeness (QED) is 0.795. The van der Waals surface area contributed by atoms with Crippen LogP contribution in [0.2, 0.25) is 0 Å². The highest BCUT2D eigenvalue weighted by Gasteiger charge is 2.11. The predicted molar refractivity (Wildman–Crippen MR) is 67.6 cm³/mol. The molecule has 0 unspecified atom stereocenters. The number of halogens is 2. The fourth-order valence-corrected chi connectivity index (χ4v) is 1.61. The van der Waals surface area contributed by atoms with Gasteiger partial charge in [0.05, 0.1) is 0 Å². The standard InChI is InChI=1S/C14H17F2NO2/c1-10(18)3-6-14(19)17(2)8-7-11-4-5-12(15)9-13(11)16/h4-5,9H,3,6-8H2,1-2H3. The molecule has 0 N–H and O–H groups in total. The van der Waals surface area contributed by atoms with Gasteiger partial charge in [-0.15, -0.1) is 0 Å². The fourth-order valence-electron chi connectivity index (χ4n) is 1.61. The number of hydrogen-bond donors (Lipinski definition) is 0. The fraction of sp³-hybridized carbons (Fsp3) is 0.429. The molecule has 1 rings (SSSR count). The Kier molecular flexibility index (Phi) is 5.60. The van der Waals surface area contributed by atoms with E-state index in [0.29, 0.717) is 18.5 Å². The minimum absolute atomic E-state index is 0.0358. The van der Waals surface area contributed by atoms with E-state index in [-0.39, 0.29) is 24.5 Å². The van der Waals surface area contributed by atoms with E-state index >= 15 is 0 Å². The molecule has 0 saturated carbocycles. The monoisotopic (exact) mass is 269 g/mol. The van der Waals surface area contributed by atoms with Crippen LogP contribution in [0.25, 0.3) is 0 Å². The highest BCUT2D eigenvalue weighted by atomic mass is 19.1. The molecule has 0 saturated heterocycles. The minimum atomic E-state index is -0.618. The summed E-state index contributed by atoms with van der Waals surface area (Å²) in [5.41, 5.74) is 0.368. The van der Waals surface area contributed by atoms with E-state index in [1.807, 2.05) is 0 Å². The first-order valence-corrected chi connectivity index (χ1v) is 6.07. The number of amides is 1. The molecule has 1 aromatic carbocycles. The molecule has 0 aliphatic rings. The highest BCUT2D eigenvalue weighted by molar-refractivity contribution is 5.83. The third-order valence-electron chi connectivity index (χ3n) is 2.85. The molecule has 104 valence electrons. The Morgan fingerprint density at radius 2 is 1.89 bits per heavy atom. The van der Waals surface area contributed by atoms with Crippen LogP contribution < -0.4 is 0 Å². The molecular formula is C14H17F2NO2. The van der Waals surface area contributed by atoms with Crippen molar-refractivity contribution < 1.29 is 18.4 Å². The third-order valence-corrected chi connectivity index (χ3v) is 2.85. The Labute approximate surface area is 111 Å². The Balaban J connectivity index is 2.47. The zero-order valence-electron chi connectivity index (χ0n) is 11.1. The number of Topliss-reactive ketones (excluding diaryl/α,β-unsaturated/α-hetero) is 1. The number of likely N-dealkylation sites (N-methyl/N-ethyl adjacent to an activating group) is 1. The molecule has 0 bridgehead atoms. The summed E-state index contributed by atoms with van der Waals surface area (Å²) >= 11 is 0. The van der Waals surface area contributed by atoms with Gasteiger partial charge in [0.2, 0.25) is 5.91 Å². The largest absolute Gasteiger partial charge is 0.345 e. The van der Waals surface area contributed by atoms with Crippen LogP contribution in [-0.4, -0.2) is 30.2 Å². The normalized spacial score (nSPS) is 10.3. The van der Waals surface area contributed by atoms with Gasteiger partial charge in [-0.2, -0.15) is 0 Å². The van der Waals surface area contributed by atoms with Crippen molar-refractivity contribution in [2.45, 2.75) is 26.2 Å². The van der Waals surface area contributed by atoms with Gasteiger partial charge in [-0.25, -0.2) is 8.78 Å². The third kappa shape index (κ3) is 5.16. The molecule has 3 nitrogen and oxygen atoms in total. The van der Waals surface area contributed by atoms with Crippen LogP contribution in [-0.2, 0) is 16.0 Å². The smallest absolute Gasteiger partial charge is 0.222 e. The molecule has 0 radical (unpaired) electrons. The number of nitrogens with zero attached hydrogens (tertiary/aromatic N) is 1.